The number of nitrogens with one attached hydrogen (secondary N) is 2. The molecule has 0 saturated carbocycles. The van der Waals surface area contributed by atoms with E-state index in [1.165, 1.54) is 0 Å². The van der Waals surface area contributed by atoms with E-state index in [1.54, 1.807) is 0 Å². The van der Waals surface area contributed by atoms with Crippen LogP contribution in [0.4, 0.5) is 10.1 Å². The van der Waals surface area contributed by atoms with Crippen LogP contribution >= 0.6 is 0 Å². The van der Waals surface area contributed by atoms with Crippen LogP contribution in [-0.2, 0) is 10.0 Å². The molecule has 0 amide bonds. The number of hydrogen-bond acceptors (Lipinski definition) is 4. The Kier molecular flexibility index (Phi) is 3.21. The third-order valence-electron chi connectivity index (χ3n) is 2.24. The van der Waals surface area contributed by atoms with Crippen molar-refractivity contribution in [3.05, 3.63) is 42.0 Å². The molecule has 2 aromatic rings. The summed E-state index contributed by atoms with van der Waals surface area (Å²) < 4.78 is 39.0. The van der Waals surface area contributed by atoms with Gasteiger partial charge in [-0.2, -0.15) is 5.10 Å². The number of aromatic carboxylic acids is 1. The first-order valence-corrected chi connectivity index (χ1v) is 6.43. The van der Waals surface area contributed by atoms with Gasteiger partial charge in [-0.3, -0.25) is 9.82 Å². The van der Waals surface area contributed by atoms with Gasteiger partial charge in [0.1, 0.15) is 10.7 Å². The first-order chi connectivity index (χ1) is 8.90. The lowest BCUT2D eigenvalue weighted by Gasteiger charge is -2.07. The Morgan fingerprint density at radius 1 is 1.42 bits per heavy atom. The highest BCUT2D eigenvalue weighted by atomic mass is 32.2. The summed E-state index contributed by atoms with van der Waals surface area (Å²) in [5, 5.41) is 14.5. The van der Waals surface area contributed by atoms with E-state index in [2.05, 4.69) is 10.2 Å². The summed E-state index contributed by atoms with van der Waals surface area (Å²) in [6.07, 6.45) is 2.16. The minimum absolute atomic E-state index is 0.187. The van der Waals surface area contributed by atoms with Crippen molar-refractivity contribution in [2.45, 2.75) is 4.90 Å². The van der Waals surface area contributed by atoms with Crippen LogP contribution in [0.25, 0.3) is 0 Å². The number of carboxylic acids is 1. The van der Waals surface area contributed by atoms with Gasteiger partial charge in [-0.25, -0.2) is 17.6 Å². The Labute approximate surface area is 107 Å². The van der Waals surface area contributed by atoms with Gasteiger partial charge in [-0.05, 0) is 18.2 Å². The molecule has 7 nitrogen and oxygen atoms in total. The lowest BCUT2D eigenvalue weighted by atomic mass is 10.2. The Hall–Kier alpha value is -2.42. The van der Waals surface area contributed by atoms with Crippen LogP contribution in [0.2, 0.25) is 0 Å². The Morgan fingerprint density at radius 2 is 2.16 bits per heavy atom. The van der Waals surface area contributed by atoms with Gasteiger partial charge in [-0.15, -0.1) is 0 Å². The summed E-state index contributed by atoms with van der Waals surface area (Å²) in [6, 6.07) is 2.80. The average molecular weight is 285 g/mol. The summed E-state index contributed by atoms with van der Waals surface area (Å²) in [4.78, 5) is 10.6. The second kappa shape index (κ2) is 4.69. The molecule has 100 valence electrons. The number of carboxylic acid groups (broad SMARTS) is 1. The maximum Gasteiger partial charge on any atom is 0.335 e. The molecule has 9 heteroatoms. The summed E-state index contributed by atoms with van der Waals surface area (Å²) in [5.74, 6) is -2.17. The van der Waals surface area contributed by atoms with Crippen molar-refractivity contribution in [1.82, 2.24) is 10.2 Å². The van der Waals surface area contributed by atoms with Crippen LogP contribution in [0.3, 0.4) is 0 Å². The lowest BCUT2D eigenvalue weighted by molar-refractivity contribution is 0.0697. The number of aromatic amines is 1. The molecule has 0 aliphatic carbocycles. The molecule has 1 aromatic heterocycles. The topological polar surface area (TPSA) is 112 Å². The fourth-order valence-electron chi connectivity index (χ4n) is 1.33. The van der Waals surface area contributed by atoms with E-state index in [-0.39, 0.29) is 10.5 Å². The normalized spacial score (nSPS) is 11.2. The highest BCUT2D eigenvalue weighted by Gasteiger charge is 2.18. The Bertz CT molecular complexity index is 712. The number of rotatable bonds is 4. The molecule has 0 bridgehead atoms. The van der Waals surface area contributed by atoms with Crippen molar-refractivity contribution in [2.75, 3.05) is 4.72 Å². The average Bonchev–Trinajstić information content (AvgIpc) is 2.85. The van der Waals surface area contributed by atoms with Gasteiger partial charge in [0.15, 0.2) is 0 Å². The van der Waals surface area contributed by atoms with Crippen molar-refractivity contribution in [3.8, 4) is 0 Å². The van der Waals surface area contributed by atoms with Crippen LogP contribution in [-0.4, -0.2) is 29.7 Å². The summed E-state index contributed by atoms with van der Waals surface area (Å²) in [7, 11) is -4.01. The maximum absolute atomic E-state index is 13.5. The number of sulfonamides is 1. The van der Waals surface area contributed by atoms with E-state index in [0.29, 0.717) is 0 Å². The minimum atomic E-state index is -4.01. The zero-order valence-corrected chi connectivity index (χ0v) is 10.1. The van der Waals surface area contributed by atoms with E-state index in [4.69, 9.17) is 5.11 Å². The predicted octanol–water partition coefficient (Wildman–Crippen LogP) is 1.05. The van der Waals surface area contributed by atoms with Crippen LogP contribution in [0.1, 0.15) is 10.4 Å². The SMILES string of the molecule is O=C(O)c1ccc(F)c(NS(=O)(=O)c2cn[nH]c2)c1. The molecule has 0 atom stereocenters. The molecule has 2 rings (SSSR count). The predicted molar refractivity (Wildman–Crippen MR) is 62.8 cm³/mol. The third kappa shape index (κ3) is 2.71. The van der Waals surface area contributed by atoms with Gasteiger partial charge >= 0.3 is 5.97 Å². The van der Waals surface area contributed by atoms with Gasteiger partial charge in [-0.1, -0.05) is 0 Å². The second-order valence-electron chi connectivity index (χ2n) is 3.54. The number of hydrogen-bond donors (Lipinski definition) is 3. The molecule has 0 spiro atoms. The molecule has 0 aliphatic heterocycles. The number of carbonyl (C=O) groups is 1. The standard InChI is InChI=1S/C10H8FN3O4S/c11-8-2-1-6(10(15)16)3-9(8)14-19(17,18)7-4-12-13-5-7/h1-5,14H,(H,12,13)(H,15,16). The van der Waals surface area contributed by atoms with Gasteiger partial charge in [0, 0.05) is 6.20 Å². The largest absolute Gasteiger partial charge is 0.478 e. The Morgan fingerprint density at radius 3 is 2.74 bits per heavy atom. The summed E-state index contributed by atoms with van der Waals surface area (Å²) in [6.45, 7) is 0. The molecule has 19 heavy (non-hydrogen) atoms. The minimum Gasteiger partial charge on any atom is -0.478 e. The number of benzene rings is 1. The van der Waals surface area contributed by atoms with E-state index >= 15 is 0 Å². The molecular formula is C10H8FN3O4S. The number of nitrogens with zero attached hydrogens (tertiary/aromatic N) is 1. The zero-order valence-electron chi connectivity index (χ0n) is 9.29. The fraction of sp³-hybridized carbons (Fsp3) is 0. The number of halogens is 1. The molecule has 0 fully saturated rings. The highest BCUT2D eigenvalue weighted by Crippen LogP contribution is 2.20. The number of aromatic nitrogens is 2. The number of H-pyrrole nitrogens is 1. The van der Waals surface area contributed by atoms with E-state index in [9.17, 15) is 17.6 Å². The fourth-order valence-corrected chi connectivity index (χ4v) is 2.29. The molecular weight excluding hydrogens is 277 g/mol. The zero-order chi connectivity index (χ0) is 14.0. The maximum atomic E-state index is 13.5. The quantitative estimate of drug-likeness (QED) is 0.777. The smallest absolute Gasteiger partial charge is 0.335 e. The first-order valence-electron chi connectivity index (χ1n) is 4.94. The van der Waals surface area contributed by atoms with Crippen LogP contribution < -0.4 is 4.72 Å². The first kappa shape index (κ1) is 13.0. The van der Waals surface area contributed by atoms with Crippen LogP contribution in [0.15, 0.2) is 35.5 Å². The summed E-state index contributed by atoms with van der Waals surface area (Å²) in [5.41, 5.74) is -0.674. The third-order valence-corrected chi connectivity index (χ3v) is 3.57. The van der Waals surface area contributed by atoms with Crippen molar-refractivity contribution in [2.24, 2.45) is 0 Å². The molecule has 0 radical (unpaired) electrons. The van der Waals surface area contributed by atoms with Gasteiger partial charge in [0.25, 0.3) is 10.0 Å². The molecule has 0 unspecified atom stereocenters. The lowest BCUT2D eigenvalue weighted by Crippen LogP contribution is -2.14. The van der Waals surface area contributed by atoms with Crippen LogP contribution in [0.5, 0.6) is 0 Å². The molecule has 1 heterocycles. The van der Waals surface area contributed by atoms with E-state index < -0.39 is 27.5 Å². The molecule has 3 N–H and O–H groups in total. The molecule has 0 saturated heterocycles. The van der Waals surface area contributed by atoms with Crippen LogP contribution in [0, 0.1) is 5.82 Å². The van der Waals surface area contributed by atoms with Gasteiger partial charge in [0.2, 0.25) is 0 Å². The van der Waals surface area contributed by atoms with E-state index in [0.717, 1.165) is 30.6 Å². The van der Waals surface area contributed by atoms with Crippen molar-refractivity contribution < 1.29 is 22.7 Å². The highest BCUT2D eigenvalue weighted by molar-refractivity contribution is 7.92. The van der Waals surface area contributed by atoms with Gasteiger partial charge in [0.05, 0.1) is 17.4 Å². The van der Waals surface area contributed by atoms with Crippen molar-refractivity contribution in [3.63, 3.8) is 0 Å². The van der Waals surface area contributed by atoms with E-state index in [1.807, 2.05) is 4.72 Å². The van der Waals surface area contributed by atoms with Crippen molar-refractivity contribution in [1.29, 1.82) is 0 Å². The van der Waals surface area contributed by atoms with Gasteiger partial charge < -0.3 is 5.11 Å². The second-order valence-corrected chi connectivity index (χ2v) is 5.22. The number of anilines is 1. The Balaban J connectivity index is 2.39. The summed E-state index contributed by atoms with van der Waals surface area (Å²) >= 11 is 0. The monoisotopic (exact) mass is 285 g/mol. The van der Waals surface area contributed by atoms with Crippen molar-refractivity contribution >= 4 is 21.7 Å². The molecule has 1 aromatic carbocycles. The molecule has 0 aliphatic rings.